The monoisotopic (exact) mass is 320 g/mol. The molecule has 1 aromatic carbocycles. The fourth-order valence-electron chi connectivity index (χ4n) is 2.34. The van der Waals surface area contributed by atoms with Gasteiger partial charge in [0.1, 0.15) is 12.4 Å². The minimum absolute atomic E-state index is 0.0127. The molecule has 1 saturated heterocycles. The van der Waals surface area contributed by atoms with Crippen molar-refractivity contribution in [2.75, 3.05) is 53.4 Å². The van der Waals surface area contributed by atoms with Crippen LogP contribution in [0.4, 0.5) is 9.59 Å². The number of carbonyl (C=O) groups excluding carboxylic acids is 2. The molecule has 0 atom stereocenters. The zero-order valence-electron chi connectivity index (χ0n) is 13.7. The van der Waals surface area contributed by atoms with Gasteiger partial charge in [0.15, 0.2) is 0 Å². The summed E-state index contributed by atoms with van der Waals surface area (Å²) < 4.78 is 5.53. The van der Waals surface area contributed by atoms with E-state index in [1.807, 2.05) is 30.3 Å². The van der Waals surface area contributed by atoms with Crippen LogP contribution in [-0.2, 0) is 0 Å². The van der Waals surface area contributed by atoms with E-state index >= 15 is 0 Å². The fourth-order valence-corrected chi connectivity index (χ4v) is 2.34. The van der Waals surface area contributed by atoms with E-state index in [-0.39, 0.29) is 12.1 Å². The van der Waals surface area contributed by atoms with Crippen molar-refractivity contribution in [2.45, 2.75) is 0 Å². The van der Waals surface area contributed by atoms with Gasteiger partial charge in [-0.3, -0.25) is 0 Å². The number of hydrogen-bond donors (Lipinski definition) is 1. The number of benzene rings is 1. The second-order valence-electron chi connectivity index (χ2n) is 5.54. The SMILES string of the molecule is CN(C)C(=O)N1CCN(C(=O)NCCOc2ccccc2)CC1. The van der Waals surface area contributed by atoms with Crippen LogP contribution in [0.2, 0.25) is 0 Å². The van der Waals surface area contributed by atoms with Crippen LogP contribution in [0.5, 0.6) is 5.75 Å². The Hall–Kier alpha value is -2.44. The molecule has 23 heavy (non-hydrogen) atoms. The first-order valence-electron chi connectivity index (χ1n) is 7.75. The molecule has 0 aromatic heterocycles. The molecule has 126 valence electrons. The molecule has 4 amide bonds. The van der Waals surface area contributed by atoms with Crippen molar-refractivity contribution in [1.29, 1.82) is 0 Å². The first-order chi connectivity index (χ1) is 11.1. The van der Waals surface area contributed by atoms with Gasteiger partial charge in [0.25, 0.3) is 0 Å². The van der Waals surface area contributed by atoms with Gasteiger partial charge in [0.2, 0.25) is 0 Å². The van der Waals surface area contributed by atoms with Gasteiger partial charge in [0, 0.05) is 40.3 Å². The molecule has 1 aromatic rings. The Morgan fingerprint density at radius 3 is 2.30 bits per heavy atom. The van der Waals surface area contributed by atoms with Gasteiger partial charge in [-0.15, -0.1) is 0 Å². The van der Waals surface area contributed by atoms with Crippen molar-refractivity contribution >= 4 is 12.1 Å². The van der Waals surface area contributed by atoms with E-state index in [4.69, 9.17) is 4.74 Å². The molecule has 7 nitrogen and oxygen atoms in total. The molecule has 0 saturated carbocycles. The fraction of sp³-hybridized carbons (Fsp3) is 0.500. The summed E-state index contributed by atoms with van der Waals surface area (Å²) >= 11 is 0. The number of piperazine rings is 1. The van der Waals surface area contributed by atoms with Crippen LogP contribution in [0.1, 0.15) is 0 Å². The number of nitrogens with zero attached hydrogens (tertiary/aromatic N) is 3. The minimum atomic E-state index is -0.112. The summed E-state index contributed by atoms with van der Waals surface area (Å²) in [5.74, 6) is 0.789. The standard InChI is InChI=1S/C16H24N4O3/c1-18(2)16(22)20-11-9-19(10-12-20)15(21)17-8-13-23-14-6-4-3-5-7-14/h3-7H,8-13H2,1-2H3,(H,17,21). The van der Waals surface area contributed by atoms with Crippen molar-refractivity contribution in [3.63, 3.8) is 0 Å². The zero-order valence-corrected chi connectivity index (χ0v) is 13.7. The lowest BCUT2D eigenvalue weighted by molar-refractivity contribution is 0.128. The highest BCUT2D eigenvalue weighted by Crippen LogP contribution is 2.07. The number of urea groups is 2. The lowest BCUT2D eigenvalue weighted by Crippen LogP contribution is -2.55. The Bertz CT molecular complexity index is 513. The molecule has 1 fully saturated rings. The summed E-state index contributed by atoms with van der Waals surface area (Å²) in [5.41, 5.74) is 0. The van der Waals surface area contributed by atoms with E-state index in [2.05, 4.69) is 5.32 Å². The van der Waals surface area contributed by atoms with E-state index in [0.717, 1.165) is 5.75 Å². The van der Waals surface area contributed by atoms with Gasteiger partial charge in [-0.2, -0.15) is 0 Å². The molecule has 1 aliphatic rings. The molecule has 7 heteroatoms. The lowest BCUT2D eigenvalue weighted by Gasteiger charge is -2.35. The van der Waals surface area contributed by atoms with Gasteiger partial charge in [-0.1, -0.05) is 18.2 Å². The number of amides is 4. The molecular formula is C16H24N4O3. The Labute approximate surface area is 136 Å². The summed E-state index contributed by atoms with van der Waals surface area (Å²) in [4.78, 5) is 28.9. The topological polar surface area (TPSA) is 65.1 Å². The summed E-state index contributed by atoms with van der Waals surface area (Å²) in [5, 5.41) is 2.84. The largest absolute Gasteiger partial charge is 0.492 e. The van der Waals surface area contributed by atoms with Gasteiger partial charge in [-0.05, 0) is 12.1 Å². The van der Waals surface area contributed by atoms with E-state index in [1.165, 1.54) is 0 Å². The maximum Gasteiger partial charge on any atom is 0.319 e. The van der Waals surface area contributed by atoms with Crippen molar-refractivity contribution in [3.05, 3.63) is 30.3 Å². The average Bonchev–Trinajstić information content (AvgIpc) is 2.59. The van der Waals surface area contributed by atoms with Gasteiger partial charge >= 0.3 is 12.1 Å². The highest BCUT2D eigenvalue weighted by atomic mass is 16.5. The predicted octanol–water partition coefficient (Wildman–Crippen LogP) is 1.07. The molecule has 0 unspecified atom stereocenters. The Morgan fingerprint density at radius 2 is 1.70 bits per heavy atom. The van der Waals surface area contributed by atoms with Crippen LogP contribution in [0, 0.1) is 0 Å². The van der Waals surface area contributed by atoms with E-state index in [9.17, 15) is 9.59 Å². The van der Waals surface area contributed by atoms with Crippen molar-refractivity contribution < 1.29 is 14.3 Å². The molecule has 0 aliphatic carbocycles. The van der Waals surface area contributed by atoms with E-state index in [0.29, 0.717) is 39.3 Å². The third-order valence-corrected chi connectivity index (χ3v) is 3.61. The van der Waals surface area contributed by atoms with Gasteiger partial charge in [0.05, 0.1) is 6.54 Å². The Kier molecular flexibility index (Phi) is 6.08. The van der Waals surface area contributed by atoms with Crippen molar-refractivity contribution in [1.82, 2.24) is 20.0 Å². The molecular weight excluding hydrogens is 296 g/mol. The second-order valence-corrected chi connectivity index (χ2v) is 5.54. The van der Waals surface area contributed by atoms with Crippen LogP contribution < -0.4 is 10.1 Å². The zero-order chi connectivity index (χ0) is 16.7. The minimum Gasteiger partial charge on any atom is -0.492 e. The number of rotatable bonds is 4. The molecule has 0 spiro atoms. The number of ether oxygens (including phenoxy) is 1. The highest BCUT2D eigenvalue weighted by Gasteiger charge is 2.24. The number of carbonyl (C=O) groups is 2. The molecule has 1 N–H and O–H groups in total. The number of para-hydroxylation sites is 1. The van der Waals surface area contributed by atoms with Crippen LogP contribution in [0.3, 0.4) is 0 Å². The first kappa shape index (κ1) is 16.9. The summed E-state index contributed by atoms with van der Waals surface area (Å²) in [6.45, 7) is 3.09. The number of nitrogens with one attached hydrogen (secondary N) is 1. The van der Waals surface area contributed by atoms with Gasteiger partial charge in [-0.25, -0.2) is 9.59 Å². The smallest absolute Gasteiger partial charge is 0.319 e. The van der Waals surface area contributed by atoms with Crippen LogP contribution >= 0.6 is 0 Å². The van der Waals surface area contributed by atoms with Crippen LogP contribution in [0.15, 0.2) is 30.3 Å². The van der Waals surface area contributed by atoms with Crippen LogP contribution in [0.25, 0.3) is 0 Å². The third-order valence-electron chi connectivity index (χ3n) is 3.61. The highest BCUT2D eigenvalue weighted by molar-refractivity contribution is 5.76. The normalized spacial score (nSPS) is 14.3. The van der Waals surface area contributed by atoms with Crippen LogP contribution in [-0.4, -0.2) is 80.2 Å². The Morgan fingerprint density at radius 1 is 1.09 bits per heavy atom. The second kappa shape index (κ2) is 8.26. The Balaban J connectivity index is 1.64. The summed E-state index contributed by atoms with van der Waals surface area (Å²) in [6, 6.07) is 9.37. The summed E-state index contributed by atoms with van der Waals surface area (Å²) in [6.07, 6.45) is 0. The van der Waals surface area contributed by atoms with E-state index in [1.54, 1.807) is 28.8 Å². The third kappa shape index (κ3) is 5.05. The summed E-state index contributed by atoms with van der Waals surface area (Å²) in [7, 11) is 3.46. The first-order valence-corrected chi connectivity index (χ1v) is 7.75. The molecule has 1 heterocycles. The lowest BCUT2D eigenvalue weighted by atomic mass is 10.3. The molecule has 1 aliphatic heterocycles. The number of hydrogen-bond acceptors (Lipinski definition) is 3. The molecule has 0 radical (unpaired) electrons. The maximum atomic E-state index is 12.1. The quantitative estimate of drug-likeness (QED) is 0.844. The van der Waals surface area contributed by atoms with Gasteiger partial charge < -0.3 is 24.8 Å². The van der Waals surface area contributed by atoms with E-state index < -0.39 is 0 Å². The molecule has 2 rings (SSSR count). The molecule has 0 bridgehead atoms. The van der Waals surface area contributed by atoms with Crippen molar-refractivity contribution in [2.24, 2.45) is 0 Å². The van der Waals surface area contributed by atoms with Crippen molar-refractivity contribution in [3.8, 4) is 5.75 Å². The predicted molar refractivity (Wildman–Crippen MR) is 87.6 cm³/mol. The average molecular weight is 320 g/mol. The maximum absolute atomic E-state index is 12.1.